The third-order valence-corrected chi connectivity index (χ3v) is 8.29. The summed E-state index contributed by atoms with van der Waals surface area (Å²) in [7, 11) is 0. The Morgan fingerprint density at radius 3 is 2.60 bits per heavy atom. The average Bonchev–Trinajstić information content (AvgIpc) is 3.19. The van der Waals surface area contributed by atoms with E-state index in [1.807, 2.05) is 0 Å². The van der Waals surface area contributed by atoms with Gasteiger partial charge in [-0.2, -0.15) is 27.1 Å². The van der Waals surface area contributed by atoms with Crippen LogP contribution in [-0.2, 0) is 13.0 Å². The predicted octanol–water partition coefficient (Wildman–Crippen LogP) is 6.50. The number of aryl methyl sites for hydroxylation is 1. The molecule has 0 radical (unpaired) electrons. The average molecular weight is 660 g/mol. The second-order valence-corrected chi connectivity index (χ2v) is 11.8. The Bertz CT molecular complexity index is 1210. The van der Waals surface area contributed by atoms with Crippen molar-refractivity contribution in [1.29, 1.82) is 0 Å². The van der Waals surface area contributed by atoms with Crippen molar-refractivity contribution in [2.75, 3.05) is 6.54 Å². The minimum absolute atomic E-state index is 0.0377. The molecule has 1 amide bonds. The van der Waals surface area contributed by atoms with Crippen molar-refractivity contribution in [1.82, 2.24) is 19.4 Å². The fraction of sp³-hybridized carbons (Fsp3) is 0.615. The SMILES string of the molecule is CCn1nc(C(=O)NC[C@]2(O)CC[C@@H](C)C[C@H]2NBr)c(Cl)c1-c1ccc(CC(C)(C)C(F)(F)F)cc1OC(F)F. The van der Waals surface area contributed by atoms with Gasteiger partial charge >= 0.3 is 12.8 Å². The number of carbonyl (C=O) groups is 1. The Labute approximate surface area is 243 Å². The normalized spacial score (nSPS) is 22.0. The monoisotopic (exact) mass is 658 g/mol. The zero-order valence-electron chi connectivity index (χ0n) is 22.5. The van der Waals surface area contributed by atoms with Crippen LogP contribution in [0.5, 0.6) is 5.75 Å². The van der Waals surface area contributed by atoms with Crippen molar-refractivity contribution in [3.8, 4) is 17.0 Å². The number of nitrogens with one attached hydrogen (secondary N) is 2. The molecular formula is C26H33BrClF5N4O3. The molecule has 40 heavy (non-hydrogen) atoms. The number of amides is 1. The third-order valence-electron chi connectivity index (χ3n) is 7.38. The van der Waals surface area contributed by atoms with Gasteiger partial charge in [0.2, 0.25) is 0 Å². The molecule has 0 saturated heterocycles. The van der Waals surface area contributed by atoms with Crippen molar-refractivity contribution >= 4 is 33.7 Å². The van der Waals surface area contributed by atoms with E-state index in [0.717, 1.165) is 26.3 Å². The van der Waals surface area contributed by atoms with E-state index < -0.39 is 41.9 Å². The van der Waals surface area contributed by atoms with E-state index in [2.05, 4.69) is 42.6 Å². The molecule has 1 aromatic carbocycles. The third kappa shape index (κ3) is 7.08. The summed E-state index contributed by atoms with van der Waals surface area (Å²) in [5, 5.41) is 17.9. The fourth-order valence-electron chi connectivity index (χ4n) is 4.83. The van der Waals surface area contributed by atoms with Gasteiger partial charge in [0.05, 0.1) is 21.7 Å². The molecule has 3 rings (SSSR count). The number of benzene rings is 1. The smallest absolute Gasteiger partial charge is 0.394 e. The van der Waals surface area contributed by atoms with Crippen molar-refractivity contribution in [3.05, 3.63) is 34.5 Å². The van der Waals surface area contributed by atoms with Gasteiger partial charge in [0.25, 0.3) is 5.91 Å². The minimum Gasteiger partial charge on any atom is -0.434 e. The Morgan fingerprint density at radius 1 is 1.35 bits per heavy atom. The van der Waals surface area contributed by atoms with Crippen LogP contribution in [0.25, 0.3) is 11.3 Å². The second kappa shape index (κ2) is 12.5. The highest BCUT2D eigenvalue weighted by molar-refractivity contribution is 9.08. The second-order valence-electron chi connectivity index (χ2n) is 10.9. The van der Waals surface area contributed by atoms with Crippen molar-refractivity contribution in [3.63, 3.8) is 0 Å². The molecule has 14 heteroatoms. The topological polar surface area (TPSA) is 88.4 Å². The first kappa shape index (κ1) is 32.6. The van der Waals surface area contributed by atoms with Gasteiger partial charge in [-0.05, 0) is 56.2 Å². The van der Waals surface area contributed by atoms with Crippen LogP contribution in [-0.4, -0.2) is 51.8 Å². The summed E-state index contributed by atoms with van der Waals surface area (Å²) in [6, 6.07) is 3.50. The molecule has 3 N–H and O–H groups in total. The van der Waals surface area contributed by atoms with Gasteiger partial charge in [0.1, 0.15) is 5.75 Å². The van der Waals surface area contributed by atoms with E-state index in [0.29, 0.717) is 18.8 Å². The molecule has 1 aliphatic rings. The summed E-state index contributed by atoms with van der Waals surface area (Å²) in [5.74, 6) is -0.691. The molecule has 1 saturated carbocycles. The lowest BCUT2D eigenvalue weighted by Crippen LogP contribution is -2.57. The minimum atomic E-state index is -4.52. The molecule has 224 valence electrons. The van der Waals surface area contributed by atoms with Crippen LogP contribution in [0.3, 0.4) is 0 Å². The zero-order chi connectivity index (χ0) is 30.0. The molecule has 1 aliphatic carbocycles. The van der Waals surface area contributed by atoms with E-state index in [9.17, 15) is 31.9 Å². The van der Waals surface area contributed by atoms with Crippen LogP contribution in [0.2, 0.25) is 5.02 Å². The zero-order valence-corrected chi connectivity index (χ0v) is 24.9. The molecule has 7 nitrogen and oxygen atoms in total. The van der Waals surface area contributed by atoms with Gasteiger partial charge in [-0.15, -0.1) is 0 Å². The Morgan fingerprint density at radius 2 is 2.02 bits per heavy atom. The van der Waals surface area contributed by atoms with Crippen molar-refractivity contribution < 1.29 is 36.6 Å². The highest BCUT2D eigenvalue weighted by Gasteiger charge is 2.47. The lowest BCUT2D eigenvalue weighted by Gasteiger charge is -2.41. The van der Waals surface area contributed by atoms with Crippen molar-refractivity contribution in [2.24, 2.45) is 11.3 Å². The maximum Gasteiger partial charge on any atom is 0.394 e. The lowest BCUT2D eigenvalue weighted by molar-refractivity contribution is -0.211. The molecule has 2 aromatic rings. The quantitative estimate of drug-likeness (QED) is 0.200. The van der Waals surface area contributed by atoms with Crippen LogP contribution in [0, 0.1) is 11.3 Å². The highest BCUT2D eigenvalue weighted by Crippen LogP contribution is 2.43. The number of carbonyl (C=O) groups excluding carboxylic acids is 1. The number of aromatic nitrogens is 2. The van der Waals surface area contributed by atoms with E-state index in [-0.39, 0.29) is 46.7 Å². The van der Waals surface area contributed by atoms with Crippen molar-refractivity contribution in [2.45, 2.75) is 84.4 Å². The molecule has 1 heterocycles. The first-order valence-electron chi connectivity index (χ1n) is 12.8. The summed E-state index contributed by atoms with van der Waals surface area (Å²) < 4.78 is 75.9. The number of nitrogens with zero attached hydrogens (tertiary/aromatic N) is 2. The Kier molecular flexibility index (Phi) is 10.2. The molecule has 1 fully saturated rings. The number of rotatable bonds is 10. The van der Waals surface area contributed by atoms with Gasteiger partial charge in [0.15, 0.2) is 5.69 Å². The maximum atomic E-state index is 13.4. The van der Waals surface area contributed by atoms with Crippen LogP contribution < -0.4 is 14.4 Å². The fourth-order valence-corrected chi connectivity index (χ4v) is 5.77. The molecule has 3 atom stereocenters. The largest absolute Gasteiger partial charge is 0.434 e. The number of hydrogen-bond donors (Lipinski definition) is 3. The number of aliphatic hydroxyl groups is 1. The first-order chi connectivity index (χ1) is 18.5. The van der Waals surface area contributed by atoms with Gasteiger partial charge < -0.3 is 15.2 Å². The van der Waals surface area contributed by atoms with Crippen LogP contribution in [0.4, 0.5) is 22.0 Å². The standard InChI is InChI=1S/C26H33BrClF5N4O3/c1-5-37-21(16-7-6-15(11-17(16)40-23(29)30)12-24(3,4)26(31,32)33)19(28)20(36-37)22(38)34-13-25(39)9-8-14(2)10-18(25)35-27/h6-7,11,14,18,23,35,39H,5,8-10,12-13H2,1-4H3,(H,34,38)/t14-,18-,25-/m1/s1. The number of alkyl halides is 5. The number of ether oxygens (including phenoxy) is 1. The summed E-state index contributed by atoms with van der Waals surface area (Å²) in [6.45, 7) is 2.64. The highest BCUT2D eigenvalue weighted by atomic mass is 79.9. The molecule has 0 bridgehead atoms. The number of halogens is 7. The van der Waals surface area contributed by atoms with Gasteiger partial charge in [0, 0.05) is 40.8 Å². The van der Waals surface area contributed by atoms with E-state index >= 15 is 0 Å². The molecule has 1 aromatic heterocycles. The van der Waals surface area contributed by atoms with E-state index in [1.54, 1.807) is 6.92 Å². The summed E-state index contributed by atoms with van der Waals surface area (Å²) in [4.78, 5) is 13.1. The van der Waals surface area contributed by atoms with E-state index in [4.69, 9.17) is 11.6 Å². The van der Waals surface area contributed by atoms with Crippen LogP contribution in [0.15, 0.2) is 18.2 Å². The van der Waals surface area contributed by atoms with Crippen LogP contribution in [0.1, 0.15) is 63.0 Å². The Hall–Kier alpha value is -1.96. The van der Waals surface area contributed by atoms with Gasteiger partial charge in [-0.1, -0.05) is 38.4 Å². The molecular weight excluding hydrogens is 627 g/mol. The summed E-state index contributed by atoms with van der Waals surface area (Å²) in [5.41, 5.74) is -3.28. The lowest BCUT2D eigenvalue weighted by atomic mass is 9.76. The molecule has 0 unspecified atom stereocenters. The number of hydrogen-bond acceptors (Lipinski definition) is 5. The first-order valence-corrected chi connectivity index (χ1v) is 14.0. The predicted molar refractivity (Wildman–Crippen MR) is 145 cm³/mol. The van der Waals surface area contributed by atoms with Gasteiger partial charge in [-0.3, -0.25) is 9.48 Å². The van der Waals surface area contributed by atoms with E-state index in [1.165, 1.54) is 16.8 Å². The summed E-state index contributed by atoms with van der Waals surface area (Å²) in [6.07, 6.45) is -3.08. The molecule has 0 aliphatic heterocycles. The van der Waals surface area contributed by atoms with Crippen LogP contribution >= 0.6 is 27.7 Å². The van der Waals surface area contributed by atoms with Gasteiger partial charge in [-0.25, -0.2) is 4.34 Å². The molecule has 0 spiro atoms. The summed E-state index contributed by atoms with van der Waals surface area (Å²) >= 11 is 9.76. The Balaban J connectivity index is 1.94. The maximum absolute atomic E-state index is 13.4.